The van der Waals surface area contributed by atoms with E-state index in [1.807, 2.05) is 74.0 Å². The molecule has 0 radical (unpaired) electrons. The van der Waals surface area contributed by atoms with Gasteiger partial charge in [0.15, 0.2) is 13.8 Å². The monoisotopic (exact) mass is 2180 g/mol. The second-order valence-corrected chi connectivity index (χ2v) is 44.5. The summed E-state index contributed by atoms with van der Waals surface area (Å²) in [6.07, 6.45) is 9.44. The van der Waals surface area contributed by atoms with Crippen LogP contribution in [-0.4, -0.2) is 159 Å². The first-order chi connectivity index (χ1) is 57.2. The van der Waals surface area contributed by atoms with Gasteiger partial charge in [-0.05, 0) is 123 Å². The Morgan fingerprint density at radius 1 is 0.508 bits per heavy atom. The van der Waals surface area contributed by atoms with E-state index in [0.717, 1.165) is 5.69 Å². The molecule has 0 atom stereocenters. The molecule has 0 aliphatic heterocycles. The number of ketones is 1. The van der Waals surface area contributed by atoms with Crippen molar-refractivity contribution in [2.24, 2.45) is 5.73 Å². The van der Waals surface area contributed by atoms with Crippen LogP contribution in [0.3, 0.4) is 0 Å². The van der Waals surface area contributed by atoms with E-state index in [-0.39, 0.29) is 95.4 Å². The number of aromatic carboxylic acids is 1. The van der Waals surface area contributed by atoms with Gasteiger partial charge in [0.2, 0.25) is 64.2 Å². The maximum Gasteiger partial charge on any atom is 0.489 e. The van der Waals surface area contributed by atoms with Gasteiger partial charge >= 0.3 is 127 Å². The number of esters is 3. The van der Waals surface area contributed by atoms with Crippen LogP contribution in [0.5, 0.6) is 0 Å². The first kappa shape index (κ1) is 102. The Morgan fingerprint density at radius 2 is 0.910 bits per heavy atom. The minimum absolute atomic E-state index is 0. The number of aromatic nitrogens is 9. The number of halogens is 6. The van der Waals surface area contributed by atoms with Crippen molar-refractivity contribution in [1.82, 2.24) is 44.9 Å². The van der Waals surface area contributed by atoms with Crippen LogP contribution >= 0.6 is 103 Å². The molecule has 0 saturated heterocycles. The van der Waals surface area contributed by atoms with E-state index in [0.29, 0.717) is 113 Å². The number of primary amides is 1. The van der Waals surface area contributed by atoms with Gasteiger partial charge in [-0.2, -0.15) is 4.98 Å². The number of pyridine rings is 4. The van der Waals surface area contributed by atoms with Crippen molar-refractivity contribution in [2.75, 3.05) is 35.8 Å². The average Bonchev–Trinajstić information content (AvgIpc) is 1.64. The van der Waals surface area contributed by atoms with Gasteiger partial charge in [0.25, 0.3) is 9.80 Å². The molecule has 4 amide bonds. The van der Waals surface area contributed by atoms with Gasteiger partial charge in [-0.25, -0.2) is 39.1 Å². The third-order valence-corrected chi connectivity index (χ3v) is 24.5. The number of Topliss-reactive ketones (excluding diaryl/α,β-unsaturated/α-hetero) is 1. The van der Waals surface area contributed by atoms with E-state index in [1.54, 1.807) is 146 Å². The number of nitrogens with two attached hydrogens (primary N) is 1. The Labute approximate surface area is 761 Å². The second kappa shape index (κ2) is 49.0. The Bertz CT molecular complexity index is 5520. The molecule has 3 aromatic carbocycles. The molecule has 0 bridgehead atoms. The SMILES string of the molecule is C.CC(=O)Cc1c[c]([Sn]([CH3])([CH3])[CH3])c(C)cn1.CC(=O)Nc1cnc(C)c(-c2nc(-c3ccccc3Cl)c(C(=O)O)o2)c1.CC(=O)Nc1cnc(C)c(-c2nc(-c3ccccc3Cl)c(C(N)=O)o2)c1.CCOC(=O)c1cnco1.CCOC(=O)c1oc(-c2cc(NC(C)=O)cnc2C)nc1I.CCOC(=O)c1oc(I)nc1I.OB(O)c1ccccc1Cl. The standard InChI is InChI=1S/C18H15ClN4O3.C18H14ClN3O4.C14H14IN3O4.C9H10NO.C6H6BClO2.C6H5I2NO3.C6H7NO3.CH4.3CH3.Sn/c1-9-13(7-11(8-21-9)22-10(2)24)18-23-15(16(26-18)17(20)25)12-5-3-4-6-14(12)19;1-9-13(7-11(8-20-9)21-10(2)23)17-22-15(16(26-17)18(24)25)12-5-3-4-6-14(12)19;1-4-21-14(20)11-12(15)18-13(22-11)10-5-9(17-8(3)19)6-16-7(10)2;1-7-3-4-9(10-6-7)5-8(2)11;8-6-4-2-1-3-5(6)7(9)10;1-2-11-5(10)3-4(7)9-6(8)12-3;1-2-9-6(8)5-3-7-4-10-5;;;;;/h3-8H,1-2H3,(H2,20,25)(H,22,24);3-8H,1-2H3,(H,21,23)(H,24,25);5-6H,4H2,1-3H3,(H,17,19);4,6H,5H2,1-2H3;1-4,9-10H;2H2,1H3;3-4H,2H2,1H3;1H4;3*1H3;. The predicted molar refractivity (Wildman–Crippen MR) is 486 cm³/mol. The van der Waals surface area contributed by atoms with Crippen molar-refractivity contribution in [2.45, 2.75) is 105 Å². The average molecular weight is 2180 g/mol. The molecule has 0 unspecified atom stereocenters. The van der Waals surface area contributed by atoms with Crippen LogP contribution in [0, 0.1) is 39.0 Å². The van der Waals surface area contributed by atoms with Crippen molar-refractivity contribution in [3.05, 3.63) is 218 Å². The van der Waals surface area contributed by atoms with Gasteiger partial charge in [-0.3, -0.25) is 34.1 Å². The number of hydrogen-bond acceptors (Lipinski definition) is 28. The maximum atomic E-state index is 11.8. The minimum atomic E-state index is -2.04. The van der Waals surface area contributed by atoms with Gasteiger partial charge < -0.3 is 73.1 Å². The molecule has 9 aromatic heterocycles. The number of anilines is 3. The molecule has 12 rings (SSSR count). The number of carboxylic acids is 1. The fraction of sp³-hybridized carbons (Fsp3) is 0.235. The van der Waals surface area contributed by atoms with E-state index >= 15 is 0 Å². The molecule has 8 N–H and O–H groups in total. The van der Waals surface area contributed by atoms with E-state index in [9.17, 15) is 48.3 Å². The maximum absolute atomic E-state index is 11.8. The van der Waals surface area contributed by atoms with E-state index in [4.69, 9.17) is 77.7 Å². The molecular weight excluding hydrogens is 2090 g/mol. The quantitative estimate of drug-likeness (QED) is 0.0161. The van der Waals surface area contributed by atoms with Crippen molar-refractivity contribution < 1.29 is 94.6 Å². The molecule has 41 heteroatoms. The summed E-state index contributed by atoms with van der Waals surface area (Å²) in [6, 6.07) is 27.4. The number of rotatable bonds is 20. The Kier molecular flexibility index (Phi) is 41.0. The van der Waals surface area contributed by atoms with Crippen molar-refractivity contribution in [3.8, 4) is 56.9 Å². The molecule has 122 heavy (non-hydrogen) atoms. The number of nitrogens with zero attached hydrogens (tertiary/aromatic N) is 9. The summed E-state index contributed by atoms with van der Waals surface area (Å²) in [5.74, 6) is -3.57. The molecule has 12 aromatic rings. The first-order valence-electron chi connectivity index (χ1n) is 35.9. The van der Waals surface area contributed by atoms with Gasteiger partial charge in [0, 0.05) is 65.0 Å². The number of carboxylic acid groups (broad SMARTS) is 1. The molecule has 0 aliphatic rings. The minimum Gasteiger partial charge on any atom is -0.475 e. The van der Waals surface area contributed by atoms with E-state index in [1.165, 1.54) is 54.9 Å². The molecule has 33 nitrogen and oxygen atoms in total. The summed E-state index contributed by atoms with van der Waals surface area (Å²) in [7, 11) is -1.48. The third kappa shape index (κ3) is 30.9. The molecule has 0 aliphatic carbocycles. The summed E-state index contributed by atoms with van der Waals surface area (Å²) in [5, 5.41) is 35.9. The Hall–Kier alpha value is -10.4. The largest absolute Gasteiger partial charge is 0.489 e. The van der Waals surface area contributed by atoms with Gasteiger partial charge in [0.1, 0.15) is 11.4 Å². The number of hydrogen-bond donors (Lipinski definition) is 7. The zero-order valence-electron chi connectivity index (χ0n) is 67.3. The molecule has 0 saturated carbocycles. The zero-order valence-corrected chi connectivity index (χ0v) is 78.9. The third-order valence-electron chi connectivity index (χ3n) is 15.4. The summed E-state index contributed by atoms with van der Waals surface area (Å²) in [5.41, 5.74) is 14.2. The van der Waals surface area contributed by atoms with Crippen molar-refractivity contribution >= 4 is 207 Å². The topological polar surface area (TPSA) is 486 Å². The van der Waals surface area contributed by atoms with Crippen LogP contribution in [0.1, 0.15) is 137 Å². The number of carbonyl (C=O) groups excluding carboxylic acids is 8. The van der Waals surface area contributed by atoms with E-state index in [2.05, 4.69) is 97.8 Å². The number of ether oxygens (including phenoxy) is 3. The summed E-state index contributed by atoms with van der Waals surface area (Å²) in [4.78, 5) is 146. The van der Waals surface area contributed by atoms with Crippen LogP contribution in [-0.2, 0) is 39.8 Å². The van der Waals surface area contributed by atoms with Crippen LogP contribution in [0.25, 0.3) is 56.9 Å². The van der Waals surface area contributed by atoms with Crippen LogP contribution < -0.4 is 30.7 Å². The Morgan fingerprint density at radius 3 is 1.28 bits per heavy atom. The number of benzene rings is 3. The van der Waals surface area contributed by atoms with Crippen molar-refractivity contribution in [1.29, 1.82) is 0 Å². The first-order valence-corrected chi connectivity index (χ1v) is 50.2. The molecular formula is C81H84BCl3I3N13O20Sn. The smallest absolute Gasteiger partial charge is 0.475 e. The van der Waals surface area contributed by atoms with Crippen LogP contribution in [0.2, 0.25) is 29.9 Å². The predicted octanol–water partition coefficient (Wildman–Crippen LogP) is 15.9. The molecule has 0 fully saturated rings. The molecule has 9 heterocycles. The molecule has 0 spiro atoms. The summed E-state index contributed by atoms with van der Waals surface area (Å²) < 4.78 is 43.4. The number of amides is 4. The van der Waals surface area contributed by atoms with Crippen LogP contribution in [0.15, 0.2) is 157 Å². The summed E-state index contributed by atoms with van der Waals surface area (Å²) >= 11 is 21.7. The zero-order chi connectivity index (χ0) is 89.7. The summed E-state index contributed by atoms with van der Waals surface area (Å²) in [6.45, 7) is 19.3. The van der Waals surface area contributed by atoms with E-state index < -0.39 is 55.3 Å². The Balaban J connectivity index is 0.000000261. The fourth-order valence-electron chi connectivity index (χ4n) is 10.2. The molecule has 642 valence electrons. The van der Waals surface area contributed by atoms with Gasteiger partial charge in [0.05, 0.1) is 105 Å². The fourth-order valence-corrected chi connectivity index (χ4v) is 18.2. The number of carbonyl (C=O) groups is 9. The van der Waals surface area contributed by atoms with Gasteiger partial charge in [-0.1, -0.05) is 96.8 Å². The van der Waals surface area contributed by atoms with Crippen molar-refractivity contribution in [3.63, 3.8) is 0 Å². The second-order valence-electron chi connectivity index (χ2n) is 25.9. The number of nitrogens with one attached hydrogen (secondary N) is 3. The van der Waals surface area contributed by atoms with Crippen LogP contribution in [0.4, 0.5) is 17.1 Å². The number of aryl methyl sites for hydroxylation is 4. The van der Waals surface area contributed by atoms with Gasteiger partial charge in [-0.15, -0.1) is 0 Å². The number of oxazole rings is 5. The normalized spacial score (nSPS) is 10.3.